The largest absolute Gasteiger partial charge is 0.491 e. The molecule has 6 nitrogen and oxygen atoms in total. The average molecular weight is 287 g/mol. The molecule has 0 aromatic carbocycles. The van der Waals surface area contributed by atoms with E-state index in [-0.39, 0.29) is 11.7 Å². The van der Waals surface area contributed by atoms with Crippen molar-refractivity contribution in [3.63, 3.8) is 0 Å². The molecule has 0 amide bonds. The van der Waals surface area contributed by atoms with Gasteiger partial charge in [-0.1, -0.05) is 0 Å². The zero-order chi connectivity index (χ0) is 15.0. The average Bonchev–Trinajstić information content (AvgIpc) is 2.84. The topological polar surface area (TPSA) is 66.2 Å². The van der Waals surface area contributed by atoms with Crippen LogP contribution < -0.4 is 15.0 Å². The Balaban J connectivity index is 1.83. The van der Waals surface area contributed by atoms with Gasteiger partial charge in [0.2, 0.25) is 5.88 Å². The first kappa shape index (κ1) is 13.6. The van der Waals surface area contributed by atoms with Gasteiger partial charge >= 0.3 is 0 Å². The van der Waals surface area contributed by atoms with Crippen LogP contribution in [0, 0.1) is 13.8 Å². The lowest BCUT2D eigenvalue weighted by molar-refractivity contribution is 0.200. The van der Waals surface area contributed by atoms with Gasteiger partial charge in [0.05, 0.1) is 13.7 Å². The number of fused-ring (bicyclic) bond motifs is 1. The number of hydrogen-bond acceptors (Lipinski definition) is 5. The van der Waals surface area contributed by atoms with E-state index in [1.807, 2.05) is 13.8 Å². The number of methoxy groups -OCH3 is 1. The van der Waals surface area contributed by atoms with E-state index in [0.717, 1.165) is 11.3 Å². The molecule has 21 heavy (non-hydrogen) atoms. The maximum atomic E-state index is 12.1. The van der Waals surface area contributed by atoms with Crippen molar-refractivity contribution < 1.29 is 9.47 Å². The molecular formula is C15H17N3O3. The Morgan fingerprint density at radius 3 is 3.00 bits per heavy atom. The zero-order valence-corrected chi connectivity index (χ0v) is 12.3. The second-order valence-electron chi connectivity index (χ2n) is 5.12. The molecule has 0 unspecified atom stereocenters. The van der Waals surface area contributed by atoms with Gasteiger partial charge in [0.1, 0.15) is 11.9 Å². The molecule has 0 N–H and O–H groups in total. The second-order valence-corrected chi connectivity index (χ2v) is 5.12. The van der Waals surface area contributed by atoms with Crippen molar-refractivity contribution in [1.29, 1.82) is 0 Å². The van der Waals surface area contributed by atoms with Gasteiger partial charge in [0.15, 0.2) is 5.75 Å². The van der Waals surface area contributed by atoms with Gasteiger partial charge in [0.25, 0.3) is 5.56 Å². The van der Waals surface area contributed by atoms with Crippen molar-refractivity contribution >= 4 is 0 Å². The highest BCUT2D eigenvalue weighted by molar-refractivity contribution is 5.34. The minimum Gasteiger partial charge on any atom is -0.491 e. The number of aromatic nitrogens is 3. The molecule has 0 aliphatic carbocycles. The molecule has 3 heterocycles. The number of aryl methyl sites for hydroxylation is 2. The summed E-state index contributed by atoms with van der Waals surface area (Å²) in [5, 5.41) is 0. The minimum absolute atomic E-state index is 0.111. The Morgan fingerprint density at radius 2 is 2.24 bits per heavy atom. The highest BCUT2D eigenvalue weighted by atomic mass is 16.5. The van der Waals surface area contributed by atoms with E-state index < -0.39 is 0 Å². The number of nitrogens with zero attached hydrogens (tertiary/aromatic N) is 3. The van der Waals surface area contributed by atoms with Gasteiger partial charge in [-0.3, -0.25) is 4.79 Å². The monoisotopic (exact) mass is 287 g/mol. The van der Waals surface area contributed by atoms with E-state index in [1.54, 1.807) is 22.9 Å². The van der Waals surface area contributed by atoms with Crippen molar-refractivity contribution in [3.05, 3.63) is 45.8 Å². The van der Waals surface area contributed by atoms with Crippen LogP contribution in [0.15, 0.2) is 23.1 Å². The summed E-state index contributed by atoms with van der Waals surface area (Å²) >= 11 is 0. The Bertz CT molecular complexity index is 739. The Kier molecular flexibility index (Phi) is 3.37. The Hall–Kier alpha value is -2.37. The van der Waals surface area contributed by atoms with E-state index in [4.69, 9.17) is 9.47 Å². The van der Waals surface area contributed by atoms with E-state index in [2.05, 4.69) is 9.97 Å². The third-order valence-electron chi connectivity index (χ3n) is 3.60. The number of hydrogen-bond donors (Lipinski definition) is 0. The van der Waals surface area contributed by atoms with Gasteiger partial charge < -0.3 is 14.0 Å². The fourth-order valence-electron chi connectivity index (χ4n) is 2.60. The van der Waals surface area contributed by atoms with E-state index in [9.17, 15) is 4.79 Å². The predicted molar refractivity (Wildman–Crippen MR) is 76.9 cm³/mol. The second kappa shape index (κ2) is 5.20. The van der Waals surface area contributed by atoms with Gasteiger partial charge in [-0.05, 0) is 26.0 Å². The Labute approximate surface area is 122 Å². The third kappa shape index (κ3) is 2.49. The quantitative estimate of drug-likeness (QED) is 0.850. The molecule has 2 aromatic heterocycles. The first-order valence-corrected chi connectivity index (χ1v) is 6.82. The van der Waals surface area contributed by atoms with E-state index in [1.165, 1.54) is 7.11 Å². The van der Waals surface area contributed by atoms with E-state index in [0.29, 0.717) is 30.4 Å². The normalized spacial score (nSPS) is 16.4. The molecule has 3 rings (SSSR count). The van der Waals surface area contributed by atoms with E-state index >= 15 is 0 Å². The summed E-state index contributed by atoms with van der Waals surface area (Å²) in [5.41, 5.74) is 1.82. The summed E-state index contributed by atoms with van der Waals surface area (Å²) < 4.78 is 12.5. The highest BCUT2D eigenvalue weighted by Crippen LogP contribution is 2.29. The molecule has 1 aliphatic rings. The van der Waals surface area contributed by atoms with Crippen LogP contribution in [0.4, 0.5) is 0 Å². The highest BCUT2D eigenvalue weighted by Gasteiger charge is 2.27. The minimum atomic E-state index is -0.154. The van der Waals surface area contributed by atoms with Crippen LogP contribution in [0.3, 0.4) is 0 Å². The van der Waals surface area contributed by atoms with Crippen LogP contribution in [0.1, 0.15) is 17.1 Å². The molecule has 110 valence electrons. The molecule has 0 fully saturated rings. The van der Waals surface area contributed by atoms with Crippen molar-refractivity contribution in [2.75, 3.05) is 7.11 Å². The summed E-state index contributed by atoms with van der Waals surface area (Å²) in [5.74, 6) is 1.67. The fourth-order valence-corrected chi connectivity index (χ4v) is 2.60. The van der Waals surface area contributed by atoms with Crippen LogP contribution in [0.5, 0.6) is 11.6 Å². The van der Waals surface area contributed by atoms with Crippen LogP contribution in [0.2, 0.25) is 0 Å². The molecule has 0 bridgehead atoms. The lowest BCUT2D eigenvalue weighted by Gasteiger charge is -2.12. The number of rotatable bonds is 3. The summed E-state index contributed by atoms with van der Waals surface area (Å²) in [6, 6.07) is 3.44. The number of pyridine rings is 1. The summed E-state index contributed by atoms with van der Waals surface area (Å²) in [7, 11) is 1.49. The van der Waals surface area contributed by atoms with Crippen molar-refractivity contribution in [2.45, 2.75) is 32.9 Å². The maximum absolute atomic E-state index is 12.1. The van der Waals surface area contributed by atoms with Crippen LogP contribution in [0.25, 0.3) is 0 Å². The maximum Gasteiger partial charge on any atom is 0.292 e. The van der Waals surface area contributed by atoms with Crippen molar-refractivity contribution in [3.8, 4) is 11.6 Å². The molecular weight excluding hydrogens is 270 g/mol. The SMILES string of the molecule is COc1cccn(C[C@H]2Cc3c(C)nc(C)nc3O2)c1=O. The zero-order valence-electron chi connectivity index (χ0n) is 12.3. The van der Waals surface area contributed by atoms with Gasteiger partial charge in [0, 0.05) is 23.9 Å². The third-order valence-corrected chi connectivity index (χ3v) is 3.60. The van der Waals surface area contributed by atoms with Gasteiger partial charge in [-0.15, -0.1) is 0 Å². The Morgan fingerprint density at radius 1 is 1.43 bits per heavy atom. The summed E-state index contributed by atoms with van der Waals surface area (Å²) in [6.45, 7) is 4.26. The van der Waals surface area contributed by atoms with Crippen molar-refractivity contribution in [1.82, 2.24) is 14.5 Å². The van der Waals surface area contributed by atoms with Crippen LogP contribution in [-0.2, 0) is 13.0 Å². The lowest BCUT2D eigenvalue weighted by Crippen LogP contribution is -2.29. The molecule has 0 radical (unpaired) electrons. The molecule has 0 spiro atoms. The molecule has 0 saturated heterocycles. The molecule has 0 saturated carbocycles. The molecule has 2 aromatic rings. The summed E-state index contributed by atoms with van der Waals surface area (Å²) in [6.07, 6.45) is 2.34. The first-order valence-electron chi connectivity index (χ1n) is 6.82. The molecule has 1 aliphatic heterocycles. The smallest absolute Gasteiger partial charge is 0.292 e. The summed E-state index contributed by atoms with van der Waals surface area (Å²) in [4.78, 5) is 20.8. The van der Waals surface area contributed by atoms with Crippen LogP contribution >= 0.6 is 0 Å². The van der Waals surface area contributed by atoms with Gasteiger partial charge in [-0.25, -0.2) is 4.98 Å². The molecule has 1 atom stereocenters. The number of ether oxygens (including phenoxy) is 2. The fraction of sp³-hybridized carbons (Fsp3) is 0.400. The first-order chi connectivity index (χ1) is 10.1. The van der Waals surface area contributed by atoms with Gasteiger partial charge in [-0.2, -0.15) is 4.98 Å². The standard InChI is InChI=1S/C15H17N3O3/c1-9-12-7-11(21-14(12)17-10(2)16-9)8-18-6-4-5-13(20-3)15(18)19/h4-6,11H,7-8H2,1-3H3/t11-/m1/s1. The van der Waals surface area contributed by atoms with Crippen molar-refractivity contribution in [2.24, 2.45) is 0 Å². The molecule has 6 heteroatoms. The van der Waals surface area contributed by atoms with Crippen LogP contribution in [-0.4, -0.2) is 27.7 Å². The predicted octanol–water partition coefficient (Wildman–Crippen LogP) is 1.27. The lowest BCUT2D eigenvalue weighted by atomic mass is 10.1.